The quantitative estimate of drug-likeness (QED) is 0.860. The molecule has 0 saturated heterocycles. The fraction of sp³-hybridized carbons (Fsp3) is 0.364. The Morgan fingerprint density at radius 3 is 2.76 bits per heavy atom. The topological polar surface area (TPSA) is 38.3 Å². The van der Waals surface area contributed by atoms with E-state index in [1.165, 1.54) is 12.1 Å². The molecular weight excluding hydrogens is 312 g/mol. The van der Waals surface area contributed by atoms with E-state index in [1.807, 2.05) is 0 Å². The minimum atomic E-state index is -0.447. The smallest absolute Gasteiger partial charge is 0.325 e. The van der Waals surface area contributed by atoms with Crippen LogP contribution >= 0.6 is 27.5 Å². The van der Waals surface area contributed by atoms with Gasteiger partial charge in [-0.15, -0.1) is 0 Å². The van der Waals surface area contributed by atoms with Gasteiger partial charge >= 0.3 is 5.97 Å². The number of carbonyl (C=O) groups excluding carboxylic acids is 1. The maximum absolute atomic E-state index is 12.9. The van der Waals surface area contributed by atoms with E-state index in [-0.39, 0.29) is 17.7 Å². The molecule has 0 spiro atoms. The number of rotatable bonds is 4. The lowest BCUT2D eigenvalue weighted by Crippen LogP contribution is -2.20. The summed E-state index contributed by atoms with van der Waals surface area (Å²) in [6.07, 6.45) is -0.170. The Morgan fingerprint density at radius 1 is 1.59 bits per heavy atom. The number of carbonyl (C=O) groups is 1. The minimum Gasteiger partial charge on any atom is -0.462 e. The Balaban J connectivity index is 2.67. The fourth-order valence-corrected chi connectivity index (χ4v) is 2.14. The molecule has 3 nitrogen and oxygen atoms in total. The highest BCUT2D eigenvalue weighted by atomic mass is 79.9. The number of hydrogen-bond donors (Lipinski definition) is 1. The summed E-state index contributed by atoms with van der Waals surface area (Å²) < 4.78 is 18.3. The zero-order valence-corrected chi connectivity index (χ0v) is 11.7. The number of ether oxygens (including phenoxy) is 1. The van der Waals surface area contributed by atoms with Crippen molar-refractivity contribution >= 4 is 39.2 Å². The van der Waals surface area contributed by atoms with Gasteiger partial charge in [0.25, 0.3) is 0 Å². The van der Waals surface area contributed by atoms with Gasteiger partial charge in [-0.3, -0.25) is 4.79 Å². The summed E-state index contributed by atoms with van der Waals surface area (Å²) in [6.45, 7) is 3.50. The van der Waals surface area contributed by atoms with Gasteiger partial charge in [0.2, 0.25) is 0 Å². The molecule has 94 valence electrons. The monoisotopic (exact) mass is 323 g/mol. The largest absolute Gasteiger partial charge is 0.462 e. The predicted octanol–water partition coefficient (Wildman–Crippen LogP) is 3.61. The maximum atomic E-state index is 12.9. The maximum Gasteiger partial charge on any atom is 0.325 e. The number of halogens is 3. The summed E-state index contributed by atoms with van der Waals surface area (Å²) in [4.78, 5) is 11.3. The van der Waals surface area contributed by atoms with Crippen LogP contribution in [0, 0.1) is 5.82 Å². The van der Waals surface area contributed by atoms with Gasteiger partial charge in [-0.1, -0.05) is 11.6 Å². The van der Waals surface area contributed by atoms with Crippen LogP contribution < -0.4 is 5.32 Å². The molecule has 17 heavy (non-hydrogen) atoms. The Kier molecular flexibility index (Phi) is 5.21. The highest BCUT2D eigenvalue weighted by Crippen LogP contribution is 2.31. The molecule has 0 unspecified atom stereocenters. The van der Waals surface area contributed by atoms with Crippen molar-refractivity contribution in [1.82, 2.24) is 0 Å². The molecule has 1 N–H and O–H groups in total. The summed E-state index contributed by atoms with van der Waals surface area (Å²) in [6, 6.07) is 2.43. The van der Waals surface area contributed by atoms with E-state index in [1.54, 1.807) is 13.8 Å². The van der Waals surface area contributed by atoms with E-state index < -0.39 is 11.8 Å². The SMILES string of the molecule is CC(C)OC(=O)CNc1c(Cl)cc(F)cc1Br. The number of esters is 1. The third kappa shape index (κ3) is 4.52. The molecule has 0 amide bonds. The van der Waals surface area contributed by atoms with E-state index in [4.69, 9.17) is 16.3 Å². The van der Waals surface area contributed by atoms with Crippen LogP contribution in [0.4, 0.5) is 10.1 Å². The average molecular weight is 325 g/mol. The van der Waals surface area contributed by atoms with Gasteiger partial charge in [-0.05, 0) is 41.9 Å². The van der Waals surface area contributed by atoms with Gasteiger partial charge < -0.3 is 10.1 Å². The molecule has 0 radical (unpaired) electrons. The van der Waals surface area contributed by atoms with Crippen molar-refractivity contribution in [2.45, 2.75) is 20.0 Å². The lowest BCUT2D eigenvalue weighted by atomic mass is 10.3. The Bertz CT molecular complexity index is 403. The molecule has 1 rings (SSSR count). The molecule has 0 aliphatic rings. The molecule has 0 aromatic heterocycles. The molecule has 0 atom stereocenters. The van der Waals surface area contributed by atoms with E-state index in [0.717, 1.165) is 0 Å². The van der Waals surface area contributed by atoms with Crippen LogP contribution in [0.3, 0.4) is 0 Å². The molecule has 0 fully saturated rings. The first kappa shape index (κ1) is 14.3. The molecular formula is C11H12BrClFNO2. The summed E-state index contributed by atoms with van der Waals surface area (Å²) in [7, 11) is 0. The first-order valence-corrected chi connectivity index (χ1v) is 6.15. The standard InChI is InChI=1S/C11H12BrClFNO2/c1-6(2)17-10(16)5-15-11-8(12)3-7(14)4-9(11)13/h3-4,6,15H,5H2,1-2H3. The Labute approximate surface area is 112 Å². The van der Waals surface area contributed by atoms with Crippen molar-refractivity contribution in [3.05, 3.63) is 27.4 Å². The minimum absolute atomic E-state index is 0.0257. The van der Waals surface area contributed by atoms with Gasteiger partial charge in [-0.2, -0.15) is 0 Å². The van der Waals surface area contributed by atoms with Crippen LogP contribution in [0.1, 0.15) is 13.8 Å². The highest BCUT2D eigenvalue weighted by Gasteiger charge is 2.10. The van der Waals surface area contributed by atoms with Crippen molar-refractivity contribution in [3.8, 4) is 0 Å². The van der Waals surface area contributed by atoms with E-state index in [9.17, 15) is 9.18 Å². The summed E-state index contributed by atoms with van der Waals surface area (Å²) in [5, 5.41) is 3.00. The normalized spacial score (nSPS) is 10.5. The lowest BCUT2D eigenvalue weighted by molar-refractivity contribution is -0.145. The van der Waals surface area contributed by atoms with Crippen molar-refractivity contribution < 1.29 is 13.9 Å². The van der Waals surface area contributed by atoms with Crippen LogP contribution in [-0.4, -0.2) is 18.6 Å². The predicted molar refractivity (Wildman–Crippen MR) is 68.8 cm³/mol. The van der Waals surface area contributed by atoms with Crippen LogP contribution in [0.5, 0.6) is 0 Å². The molecule has 6 heteroatoms. The molecule has 0 bridgehead atoms. The first-order valence-electron chi connectivity index (χ1n) is 4.98. The van der Waals surface area contributed by atoms with E-state index in [2.05, 4.69) is 21.2 Å². The zero-order chi connectivity index (χ0) is 13.0. The fourth-order valence-electron chi connectivity index (χ4n) is 1.18. The van der Waals surface area contributed by atoms with Crippen molar-refractivity contribution in [2.24, 2.45) is 0 Å². The van der Waals surface area contributed by atoms with Crippen LogP contribution in [0.15, 0.2) is 16.6 Å². The van der Waals surface area contributed by atoms with E-state index >= 15 is 0 Å². The Morgan fingerprint density at radius 2 is 2.24 bits per heavy atom. The van der Waals surface area contributed by atoms with Crippen molar-refractivity contribution in [1.29, 1.82) is 0 Å². The van der Waals surface area contributed by atoms with Gasteiger partial charge in [0.15, 0.2) is 0 Å². The van der Waals surface area contributed by atoms with Gasteiger partial charge in [0.1, 0.15) is 12.4 Å². The third-order valence-corrected chi connectivity index (χ3v) is 2.71. The molecule has 0 heterocycles. The zero-order valence-electron chi connectivity index (χ0n) is 9.39. The van der Waals surface area contributed by atoms with Gasteiger partial charge in [0.05, 0.1) is 16.8 Å². The average Bonchev–Trinajstić information content (AvgIpc) is 2.14. The lowest BCUT2D eigenvalue weighted by Gasteiger charge is -2.12. The number of hydrogen-bond acceptors (Lipinski definition) is 3. The van der Waals surface area contributed by atoms with Crippen LogP contribution in [0.2, 0.25) is 5.02 Å². The second kappa shape index (κ2) is 6.21. The molecule has 1 aromatic carbocycles. The molecule has 0 aliphatic heterocycles. The summed E-state index contributed by atoms with van der Waals surface area (Å²) in [5.41, 5.74) is 0.466. The number of anilines is 1. The number of nitrogens with one attached hydrogen (secondary N) is 1. The third-order valence-electron chi connectivity index (χ3n) is 1.78. The van der Waals surface area contributed by atoms with Crippen LogP contribution in [0.25, 0.3) is 0 Å². The summed E-state index contributed by atoms with van der Waals surface area (Å²) in [5.74, 6) is -0.843. The van der Waals surface area contributed by atoms with E-state index in [0.29, 0.717) is 10.2 Å². The highest BCUT2D eigenvalue weighted by molar-refractivity contribution is 9.10. The molecule has 0 saturated carbocycles. The first-order chi connectivity index (χ1) is 7.90. The molecule has 0 aliphatic carbocycles. The Hall–Kier alpha value is -0.810. The summed E-state index contributed by atoms with van der Waals surface area (Å²) >= 11 is 9.00. The number of benzene rings is 1. The second-order valence-corrected chi connectivity index (χ2v) is 4.90. The van der Waals surface area contributed by atoms with Gasteiger partial charge in [-0.25, -0.2) is 4.39 Å². The second-order valence-electron chi connectivity index (χ2n) is 3.64. The van der Waals surface area contributed by atoms with Gasteiger partial charge in [0, 0.05) is 4.47 Å². The van der Waals surface area contributed by atoms with Crippen molar-refractivity contribution in [3.63, 3.8) is 0 Å². The van der Waals surface area contributed by atoms with Crippen molar-refractivity contribution in [2.75, 3.05) is 11.9 Å². The molecule has 1 aromatic rings. The van der Waals surface area contributed by atoms with Crippen LogP contribution in [-0.2, 0) is 9.53 Å².